The molecule has 0 saturated heterocycles. The van der Waals surface area contributed by atoms with Crippen LogP contribution in [0.25, 0.3) is 64.6 Å². The number of benzene rings is 9. The van der Waals surface area contributed by atoms with Gasteiger partial charge in [0, 0.05) is 68.7 Å². The molecule has 1 heterocycles. The number of carbonyl (C=O) groups excluding carboxylic acids is 4. The van der Waals surface area contributed by atoms with Crippen molar-refractivity contribution >= 4 is 192 Å². The lowest BCUT2D eigenvalue weighted by Gasteiger charge is -2.30. The summed E-state index contributed by atoms with van der Waals surface area (Å²) < 4.78 is 211. The molecule has 0 aliphatic carbocycles. The third-order valence-electron chi connectivity index (χ3n) is 12.7. The van der Waals surface area contributed by atoms with Crippen LogP contribution in [0.4, 0.5) is 11.4 Å². The Labute approximate surface area is 448 Å². The molecule has 1 aliphatic heterocycles. The van der Waals surface area contributed by atoms with Gasteiger partial charge in [0.25, 0.3) is 78.4 Å². The molecule has 1 aliphatic rings. The molecule has 0 unspecified atom stereocenters. The molecule has 0 spiro atoms. The van der Waals surface area contributed by atoms with Crippen LogP contribution in [0.5, 0.6) is 0 Å². The minimum Gasteiger partial charge on any atom is -0.321 e. The minimum absolute atomic E-state index is 0.0530. The third kappa shape index (κ3) is 8.63. The maximum atomic E-state index is 14.9. The highest BCUT2D eigenvalue weighted by molar-refractivity contribution is 9.11. The molecular weight excluding hydrogens is 1270 g/mol. The average molecular weight is 1300 g/mol. The molecule has 0 aromatic heterocycles. The van der Waals surface area contributed by atoms with Gasteiger partial charge in [-0.2, -0.15) is 50.5 Å². The molecule has 396 valence electrons. The van der Waals surface area contributed by atoms with Gasteiger partial charge in [0.2, 0.25) is 0 Å². The SMILES string of the molecule is CC(=O)c1ccc2c3c(Br)cc4c5c(ccc(c6c(Br)cc(C(=O)Nc7cc8c(S(=O)(=O)O)cc(S(=O)(=O)O)cc8cc7S(=O)(=O)O)c1c26)c53)C(=O)N(c1cc2c(S(=O)(=O)O)cc(S(=O)(=O)O)cc2cc1S(=O)(=O)O)C4=O. The van der Waals surface area contributed by atoms with Crippen molar-refractivity contribution in [2.45, 2.75) is 36.3 Å². The van der Waals surface area contributed by atoms with Crippen molar-refractivity contribution in [3.05, 3.63) is 116 Å². The highest BCUT2D eigenvalue weighted by Crippen LogP contribution is 2.51. The zero-order valence-electron chi connectivity index (χ0n) is 37.5. The van der Waals surface area contributed by atoms with Gasteiger partial charge in [0.1, 0.15) is 19.6 Å². The van der Waals surface area contributed by atoms with Crippen molar-refractivity contribution in [1.82, 2.24) is 0 Å². The number of carbonyl (C=O) groups is 4. The number of amides is 3. The number of nitrogens with zero attached hydrogens (tertiary/aromatic N) is 1. The molecule has 0 radical (unpaired) electrons. The minimum atomic E-state index is -5.52. The molecule has 0 saturated carbocycles. The predicted octanol–water partition coefficient (Wildman–Crippen LogP) is 7.30. The van der Waals surface area contributed by atoms with Crippen LogP contribution < -0.4 is 10.2 Å². The standard InChI is InChI=1S/C45H24Br2N2O22S6/c1-16(50)21-2-3-22-40-30(47)13-28-38-24(44(52)49(45(28)53)32-15-26-18(9-36(32)77(69,70)71)7-20(73(57,58)59)11-34(26)75(63,64)65)5-4-23(42(38)40)39-29(46)12-27(37(21)41(22)39)43(51)48-31-14-25-17(8-35(31)76(66,67)68)6-19(72(54,55)56)10-33(25)74(60,61)62/h2-15H,1H3,(H,48,51)(H,54,55,56)(H,57,58,59)(H,60,61,62)(H,63,64,65)(H,66,67,68)(H,69,70,71). The number of rotatable bonds is 10. The van der Waals surface area contributed by atoms with E-state index in [1.807, 2.05) is 0 Å². The summed E-state index contributed by atoms with van der Waals surface area (Å²) in [5, 5.41) is 0.900. The van der Waals surface area contributed by atoms with E-state index in [1.54, 1.807) is 0 Å². The molecule has 0 bridgehead atoms. The largest absolute Gasteiger partial charge is 0.321 e. The number of hydrogen-bond donors (Lipinski definition) is 7. The molecule has 0 fully saturated rings. The average Bonchev–Trinajstić information content (AvgIpc) is 3.50. The van der Waals surface area contributed by atoms with Crippen LogP contribution in [0.2, 0.25) is 0 Å². The highest BCUT2D eigenvalue weighted by Gasteiger charge is 2.40. The van der Waals surface area contributed by atoms with Crippen molar-refractivity contribution in [2.24, 2.45) is 0 Å². The normalized spacial score (nSPS) is 14.0. The van der Waals surface area contributed by atoms with Crippen molar-refractivity contribution in [3.63, 3.8) is 0 Å². The van der Waals surface area contributed by atoms with E-state index >= 15 is 0 Å². The first-order valence-electron chi connectivity index (χ1n) is 20.8. The number of nitrogens with one attached hydrogen (secondary N) is 1. The van der Waals surface area contributed by atoms with Gasteiger partial charge >= 0.3 is 0 Å². The molecule has 0 atom stereocenters. The van der Waals surface area contributed by atoms with Gasteiger partial charge in [-0.15, -0.1) is 0 Å². The smallest absolute Gasteiger partial charge is 0.296 e. The quantitative estimate of drug-likeness (QED) is 0.0232. The topological polar surface area (TPSA) is 410 Å². The van der Waals surface area contributed by atoms with E-state index in [9.17, 15) is 97.0 Å². The fraction of sp³-hybridized carbons (Fsp3) is 0.0222. The van der Waals surface area contributed by atoms with Crippen LogP contribution in [0.15, 0.2) is 123 Å². The van der Waals surface area contributed by atoms with Crippen LogP contribution in [0.3, 0.4) is 0 Å². The third-order valence-corrected chi connectivity index (χ3v) is 19.1. The van der Waals surface area contributed by atoms with Gasteiger partial charge in [0.15, 0.2) is 5.78 Å². The van der Waals surface area contributed by atoms with E-state index < -0.39 is 147 Å². The summed E-state index contributed by atoms with van der Waals surface area (Å²) in [7, 11) is -32.2. The summed E-state index contributed by atoms with van der Waals surface area (Å²) in [5.41, 5.74) is -2.88. The van der Waals surface area contributed by atoms with Gasteiger partial charge in [0.05, 0.1) is 26.7 Å². The molecule has 7 N–H and O–H groups in total. The lowest BCUT2D eigenvalue weighted by Crippen LogP contribution is -2.41. The zero-order valence-corrected chi connectivity index (χ0v) is 45.5. The second kappa shape index (κ2) is 17.2. The Morgan fingerprint density at radius 2 is 0.896 bits per heavy atom. The predicted molar refractivity (Wildman–Crippen MR) is 279 cm³/mol. The monoisotopic (exact) mass is 1290 g/mol. The van der Waals surface area contributed by atoms with Crippen LogP contribution in [-0.2, 0) is 60.7 Å². The summed E-state index contributed by atoms with van der Waals surface area (Å²) >= 11 is 6.98. The fourth-order valence-corrected chi connectivity index (χ4v) is 15.0. The second-order valence-corrected chi connectivity index (χ2v) is 27.3. The Morgan fingerprint density at radius 1 is 0.442 bits per heavy atom. The summed E-state index contributed by atoms with van der Waals surface area (Å²) in [6.45, 7) is 1.16. The Morgan fingerprint density at radius 3 is 1.39 bits per heavy atom. The van der Waals surface area contributed by atoms with E-state index in [4.69, 9.17) is 0 Å². The van der Waals surface area contributed by atoms with Crippen molar-refractivity contribution < 1.29 is 97.0 Å². The maximum Gasteiger partial charge on any atom is 0.296 e. The van der Waals surface area contributed by atoms with Gasteiger partial charge < -0.3 is 5.32 Å². The highest BCUT2D eigenvalue weighted by atomic mass is 79.9. The van der Waals surface area contributed by atoms with Gasteiger partial charge in [-0.1, -0.05) is 50.1 Å². The van der Waals surface area contributed by atoms with Gasteiger partial charge in [-0.25, -0.2) is 4.90 Å². The Kier molecular flexibility index (Phi) is 12.1. The number of hydrogen-bond acceptors (Lipinski definition) is 16. The number of fused-ring (bicyclic) bond motifs is 4. The van der Waals surface area contributed by atoms with Gasteiger partial charge in [-0.3, -0.25) is 46.5 Å². The number of imide groups is 1. The lowest BCUT2D eigenvalue weighted by atomic mass is 9.82. The van der Waals surface area contributed by atoms with E-state index in [0.717, 1.165) is 6.92 Å². The van der Waals surface area contributed by atoms with Crippen LogP contribution in [-0.4, -0.2) is 101 Å². The Hall–Kier alpha value is -6.50. The Bertz CT molecular complexity index is 5130. The van der Waals surface area contributed by atoms with E-state index in [1.165, 1.54) is 36.4 Å². The molecule has 9 aromatic carbocycles. The number of Topliss-reactive ketones (excluding diaryl/α,β-unsaturated/α-hetero) is 1. The Balaban J connectivity index is 1.21. The first-order chi connectivity index (χ1) is 35.4. The number of halogens is 2. The van der Waals surface area contributed by atoms with E-state index in [-0.39, 0.29) is 74.3 Å². The summed E-state index contributed by atoms with van der Waals surface area (Å²) in [6.07, 6.45) is 0. The van der Waals surface area contributed by atoms with Crippen molar-refractivity contribution in [1.29, 1.82) is 0 Å². The van der Waals surface area contributed by atoms with Crippen molar-refractivity contribution in [3.8, 4) is 0 Å². The number of anilines is 2. The summed E-state index contributed by atoms with van der Waals surface area (Å²) in [5.74, 6) is -4.36. The van der Waals surface area contributed by atoms with Crippen LogP contribution in [0, 0.1) is 0 Å². The molecule has 10 rings (SSSR count). The van der Waals surface area contributed by atoms with Crippen LogP contribution >= 0.6 is 31.9 Å². The van der Waals surface area contributed by atoms with Gasteiger partial charge in [-0.05, 0) is 95.2 Å². The molecule has 77 heavy (non-hydrogen) atoms. The van der Waals surface area contributed by atoms with Crippen molar-refractivity contribution in [2.75, 3.05) is 10.2 Å². The first kappa shape index (κ1) is 53.9. The fourth-order valence-electron chi connectivity index (χ4n) is 9.64. The second-order valence-electron chi connectivity index (χ2n) is 17.1. The molecular formula is C45H24Br2N2O22S6. The van der Waals surface area contributed by atoms with E-state index in [2.05, 4.69) is 37.2 Å². The first-order valence-corrected chi connectivity index (χ1v) is 31.0. The lowest BCUT2D eigenvalue weighted by molar-refractivity contribution is 0.0890. The zero-order chi connectivity index (χ0) is 56.5. The van der Waals surface area contributed by atoms with E-state index in [0.29, 0.717) is 53.4 Å². The molecule has 24 nitrogen and oxygen atoms in total. The maximum absolute atomic E-state index is 14.9. The number of ketones is 1. The molecule has 9 aromatic rings. The molecule has 3 amide bonds. The molecule has 32 heteroatoms. The summed E-state index contributed by atoms with van der Waals surface area (Å²) in [6, 6.07) is 12.1. The van der Waals surface area contributed by atoms with Crippen LogP contribution in [0.1, 0.15) is 48.4 Å². The summed E-state index contributed by atoms with van der Waals surface area (Å²) in [4.78, 5) is 51.1.